The molecule has 0 saturated heterocycles. The average Bonchev–Trinajstić information content (AvgIpc) is 2.48. The largest absolute Gasteiger partial charge is 0.341 e. The van der Waals surface area contributed by atoms with Gasteiger partial charge in [-0.05, 0) is 22.6 Å². The van der Waals surface area contributed by atoms with E-state index in [4.69, 9.17) is 0 Å². The molecule has 0 aliphatic rings. The monoisotopic (exact) mass is 282 g/mol. The van der Waals surface area contributed by atoms with Crippen molar-refractivity contribution < 1.29 is 4.79 Å². The van der Waals surface area contributed by atoms with Crippen molar-refractivity contribution in [1.29, 1.82) is 0 Å². The number of carbonyl (C=O) groups excluding carboxylic acids is 1. The summed E-state index contributed by atoms with van der Waals surface area (Å²) < 4.78 is 0. The highest BCUT2D eigenvalue weighted by Gasteiger charge is 2.25. The average molecular weight is 282 g/mol. The number of benzene rings is 1. The zero-order valence-electron chi connectivity index (χ0n) is 12.9. The minimum Gasteiger partial charge on any atom is -0.341 e. The Morgan fingerprint density at radius 1 is 1.14 bits per heavy atom. The third-order valence-electron chi connectivity index (χ3n) is 3.72. The standard InChI is InChI=1S/C18H22N2O/c1-18(2,16-9-5-4-6-10-16)12-17(21)20(3)14-15-8-7-11-19-13-15/h4-11,13H,12,14H2,1-3H3. The second kappa shape index (κ2) is 6.53. The first kappa shape index (κ1) is 15.2. The second-order valence-corrected chi connectivity index (χ2v) is 6.04. The molecule has 1 aromatic carbocycles. The van der Waals surface area contributed by atoms with E-state index in [1.807, 2.05) is 37.4 Å². The molecule has 0 fully saturated rings. The van der Waals surface area contributed by atoms with E-state index >= 15 is 0 Å². The van der Waals surface area contributed by atoms with Crippen LogP contribution in [0.1, 0.15) is 31.4 Å². The molecule has 0 saturated carbocycles. The number of hydrogen-bond acceptors (Lipinski definition) is 2. The summed E-state index contributed by atoms with van der Waals surface area (Å²) in [5.74, 6) is 0.146. The van der Waals surface area contributed by atoms with Crippen molar-refractivity contribution >= 4 is 5.91 Å². The molecule has 110 valence electrons. The van der Waals surface area contributed by atoms with Gasteiger partial charge in [0.15, 0.2) is 0 Å². The van der Waals surface area contributed by atoms with E-state index in [1.165, 1.54) is 5.56 Å². The molecule has 21 heavy (non-hydrogen) atoms. The highest BCUT2D eigenvalue weighted by atomic mass is 16.2. The maximum Gasteiger partial charge on any atom is 0.223 e. The van der Waals surface area contributed by atoms with Crippen molar-refractivity contribution in [2.45, 2.75) is 32.2 Å². The molecule has 1 amide bonds. The first-order valence-electron chi connectivity index (χ1n) is 7.17. The molecule has 0 aliphatic carbocycles. The normalized spacial score (nSPS) is 11.2. The van der Waals surface area contributed by atoms with E-state index in [1.54, 1.807) is 17.3 Å². The SMILES string of the molecule is CN(Cc1cccnc1)C(=O)CC(C)(C)c1ccccc1. The second-order valence-electron chi connectivity index (χ2n) is 6.04. The van der Waals surface area contributed by atoms with E-state index in [0.29, 0.717) is 13.0 Å². The number of amides is 1. The Kier molecular flexibility index (Phi) is 4.73. The summed E-state index contributed by atoms with van der Waals surface area (Å²) in [7, 11) is 1.84. The predicted octanol–water partition coefficient (Wildman–Crippen LogP) is 3.41. The first-order valence-corrected chi connectivity index (χ1v) is 7.17. The zero-order chi connectivity index (χ0) is 15.3. The summed E-state index contributed by atoms with van der Waals surface area (Å²) in [6.07, 6.45) is 4.03. The van der Waals surface area contributed by atoms with Gasteiger partial charge in [0.1, 0.15) is 0 Å². The van der Waals surface area contributed by atoms with Gasteiger partial charge in [0.2, 0.25) is 5.91 Å². The summed E-state index contributed by atoms with van der Waals surface area (Å²) >= 11 is 0. The van der Waals surface area contributed by atoms with E-state index in [2.05, 4.69) is 31.0 Å². The number of pyridine rings is 1. The van der Waals surface area contributed by atoms with Gasteiger partial charge in [0.25, 0.3) is 0 Å². The Bertz CT molecular complexity index is 579. The van der Waals surface area contributed by atoms with E-state index < -0.39 is 0 Å². The minimum atomic E-state index is -0.165. The topological polar surface area (TPSA) is 33.2 Å². The third kappa shape index (κ3) is 4.15. The minimum absolute atomic E-state index is 0.146. The van der Waals surface area contributed by atoms with Crippen molar-refractivity contribution in [1.82, 2.24) is 9.88 Å². The molecule has 2 rings (SSSR count). The lowest BCUT2D eigenvalue weighted by Crippen LogP contribution is -2.32. The van der Waals surface area contributed by atoms with Crippen LogP contribution in [-0.4, -0.2) is 22.8 Å². The van der Waals surface area contributed by atoms with Crippen LogP contribution >= 0.6 is 0 Å². The van der Waals surface area contributed by atoms with Crippen molar-refractivity contribution in [3.63, 3.8) is 0 Å². The van der Waals surface area contributed by atoms with Gasteiger partial charge in [0, 0.05) is 32.4 Å². The Labute approximate surface area is 126 Å². The molecule has 0 aliphatic heterocycles. The van der Waals surface area contributed by atoms with Crippen LogP contribution in [0.2, 0.25) is 0 Å². The van der Waals surface area contributed by atoms with Gasteiger partial charge in [-0.2, -0.15) is 0 Å². The quantitative estimate of drug-likeness (QED) is 0.842. The molecule has 3 heteroatoms. The number of rotatable bonds is 5. The molecule has 0 N–H and O–H groups in total. The Hall–Kier alpha value is -2.16. The summed E-state index contributed by atoms with van der Waals surface area (Å²) in [6.45, 7) is 4.81. The van der Waals surface area contributed by atoms with Crippen LogP contribution in [0.5, 0.6) is 0 Å². The van der Waals surface area contributed by atoms with Crippen molar-refractivity contribution in [3.05, 3.63) is 66.0 Å². The van der Waals surface area contributed by atoms with Gasteiger partial charge in [-0.1, -0.05) is 50.2 Å². The molecule has 0 atom stereocenters. The molecule has 2 aromatic rings. The third-order valence-corrected chi connectivity index (χ3v) is 3.72. The summed E-state index contributed by atoms with van der Waals surface area (Å²) in [6, 6.07) is 14.1. The fraction of sp³-hybridized carbons (Fsp3) is 0.333. The fourth-order valence-electron chi connectivity index (χ4n) is 2.36. The van der Waals surface area contributed by atoms with Crippen molar-refractivity contribution in [3.8, 4) is 0 Å². The molecule has 1 aromatic heterocycles. The molecule has 0 radical (unpaired) electrons. The van der Waals surface area contributed by atoms with Gasteiger partial charge < -0.3 is 4.90 Å². The lowest BCUT2D eigenvalue weighted by Gasteiger charge is -2.27. The number of carbonyl (C=O) groups is 1. The highest BCUT2D eigenvalue weighted by molar-refractivity contribution is 5.77. The number of aromatic nitrogens is 1. The first-order chi connectivity index (χ1) is 9.99. The summed E-state index contributed by atoms with van der Waals surface area (Å²) in [5, 5.41) is 0. The molecular weight excluding hydrogens is 260 g/mol. The van der Waals surface area contributed by atoms with Crippen LogP contribution in [0.25, 0.3) is 0 Å². The van der Waals surface area contributed by atoms with Crippen LogP contribution in [0.15, 0.2) is 54.9 Å². The molecule has 0 unspecified atom stereocenters. The number of nitrogens with zero attached hydrogens (tertiary/aromatic N) is 2. The zero-order valence-corrected chi connectivity index (χ0v) is 12.9. The lowest BCUT2D eigenvalue weighted by atomic mass is 9.81. The summed E-state index contributed by atoms with van der Waals surface area (Å²) in [4.78, 5) is 18.3. The number of hydrogen-bond donors (Lipinski definition) is 0. The molecule has 3 nitrogen and oxygen atoms in total. The molecular formula is C18H22N2O. The molecule has 1 heterocycles. The van der Waals surface area contributed by atoms with Gasteiger partial charge in [-0.25, -0.2) is 0 Å². The smallest absolute Gasteiger partial charge is 0.223 e. The predicted molar refractivity (Wildman–Crippen MR) is 84.8 cm³/mol. The lowest BCUT2D eigenvalue weighted by molar-refractivity contribution is -0.131. The van der Waals surface area contributed by atoms with Gasteiger partial charge in [-0.15, -0.1) is 0 Å². The van der Waals surface area contributed by atoms with E-state index in [-0.39, 0.29) is 11.3 Å². The Balaban J connectivity index is 2.00. The van der Waals surface area contributed by atoms with Gasteiger partial charge in [0.05, 0.1) is 0 Å². The molecule has 0 spiro atoms. The van der Waals surface area contributed by atoms with E-state index in [0.717, 1.165) is 5.56 Å². The van der Waals surface area contributed by atoms with Crippen LogP contribution in [0.3, 0.4) is 0 Å². The maximum atomic E-state index is 12.4. The van der Waals surface area contributed by atoms with Crippen LogP contribution < -0.4 is 0 Å². The van der Waals surface area contributed by atoms with Crippen LogP contribution in [-0.2, 0) is 16.8 Å². The van der Waals surface area contributed by atoms with Crippen molar-refractivity contribution in [2.24, 2.45) is 0 Å². The highest BCUT2D eigenvalue weighted by Crippen LogP contribution is 2.27. The molecule has 0 bridgehead atoms. The van der Waals surface area contributed by atoms with Gasteiger partial charge >= 0.3 is 0 Å². The van der Waals surface area contributed by atoms with Crippen molar-refractivity contribution in [2.75, 3.05) is 7.05 Å². The maximum absolute atomic E-state index is 12.4. The van der Waals surface area contributed by atoms with Crippen LogP contribution in [0.4, 0.5) is 0 Å². The Morgan fingerprint density at radius 3 is 2.48 bits per heavy atom. The van der Waals surface area contributed by atoms with Crippen LogP contribution in [0, 0.1) is 0 Å². The fourth-order valence-corrected chi connectivity index (χ4v) is 2.36. The van der Waals surface area contributed by atoms with E-state index in [9.17, 15) is 4.79 Å². The van der Waals surface area contributed by atoms with Gasteiger partial charge in [-0.3, -0.25) is 9.78 Å². The Morgan fingerprint density at radius 2 is 1.86 bits per heavy atom. The summed E-state index contributed by atoms with van der Waals surface area (Å²) in [5.41, 5.74) is 2.07.